The molecule has 0 unspecified atom stereocenters. The summed E-state index contributed by atoms with van der Waals surface area (Å²) in [5.41, 5.74) is 0. The maximum absolute atomic E-state index is 12.3. The Morgan fingerprint density at radius 3 is 2.52 bits per heavy atom. The Balaban J connectivity index is 1.64. The molecule has 1 saturated heterocycles. The topological polar surface area (TPSA) is 61.9 Å². The first-order valence-corrected chi connectivity index (χ1v) is 9.98. The van der Waals surface area contributed by atoms with E-state index in [9.17, 15) is 9.59 Å². The van der Waals surface area contributed by atoms with Crippen LogP contribution >= 0.6 is 23.2 Å². The second kappa shape index (κ2) is 10.7. The Hall–Kier alpha value is -1.50. The molecule has 0 bridgehead atoms. The van der Waals surface area contributed by atoms with Gasteiger partial charge in [0.25, 0.3) is 0 Å². The summed E-state index contributed by atoms with van der Waals surface area (Å²) in [7, 11) is 0. The first kappa shape index (κ1) is 21.8. The van der Waals surface area contributed by atoms with E-state index in [2.05, 4.69) is 10.2 Å². The molecule has 1 N–H and O–H groups in total. The molecule has 0 atom stereocenters. The highest BCUT2D eigenvalue weighted by Gasteiger charge is 2.22. The van der Waals surface area contributed by atoms with Crippen LogP contribution < -0.4 is 10.1 Å². The molecule has 1 heterocycles. The van der Waals surface area contributed by atoms with E-state index in [1.165, 1.54) is 0 Å². The van der Waals surface area contributed by atoms with Crippen molar-refractivity contribution in [2.45, 2.75) is 32.7 Å². The van der Waals surface area contributed by atoms with Gasteiger partial charge in [0, 0.05) is 43.7 Å². The molecule has 150 valence electrons. The SMILES string of the molecule is CC(C)NC(=O)CN1CCN(C(=O)CCCOc2ccc(Cl)cc2Cl)CC1. The van der Waals surface area contributed by atoms with Crippen LogP contribution in [0.15, 0.2) is 18.2 Å². The zero-order valence-electron chi connectivity index (χ0n) is 15.8. The van der Waals surface area contributed by atoms with Crippen LogP contribution in [0.4, 0.5) is 0 Å². The van der Waals surface area contributed by atoms with Crippen molar-refractivity contribution in [1.82, 2.24) is 15.1 Å². The van der Waals surface area contributed by atoms with Crippen molar-refractivity contribution in [3.05, 3.63) is 28.2 Å². The number of benzene rings is 1. The standard InChI is InChI=1S/C19H27Cl2N3O3/c1-14(2)22-18(25)13-23-7-9-24(10-8-23)19(26)4-3-11-27-17-6-5-15(20)12-16(17)21/h5-6,12,14H,3-4,7-11,13H2,1-2H3,(H,22,25). The Morgan fingerprint density at radius 1 is 1.19 bits per heavy atom. The van der Waals surface area contributed by atoms with Gasteiger partial charge in [-0.2, -0.15) is 0 Å². The number of piperazine rings is 1. The van der Waals surface area contributed by atoms with Crippen molar-refractivity contribution in [2.75, 3.05) is 39.3 Å². The van der Waals surface area contributed by atoms with Crippen LogP contribution in [0.5, 0.6) is 5.75 Å². The zero-order chi connectivity index (χ0) is 19.8. The number of hydrogen-bond acceptors (Lipinski definition) is 4. The number of rotatable bonds is 8. The molecule has 1 aromatic carbocycles. The van der Waals surface area contributed by atoms with Crippen LogP contribution in [0.1, 0.15) is 26.7 Å². The smallest absolute Gasteiger partial charge is 0.234 e. The van der Waals surface area contributed by atoms with Crippen LogP contribution in [-0.2, 0) is 9.59 Å². The highest BCUT2D eigenvalue weighted by atomic mass is 35.5. The Labute approximate surface area is 170 Å². The highest BCUT2D eigenvalue weighted by molar-refractivity contribution is 6.35. The minimum atomic E-state index is 0.0304. The van der Waals surface area contributed by atoms with Crippen molar-refractivity contribution < 1.29 is 14.3 Å². The van der Waals surface area contributed by atoms with E-state index < -0.39 is 0 Å². The van der Waals surface area contributed by atoms with Crippen molar-refractivity contribution in [2.24, 2.45) is 0 Å². The van der Waals surface area contributed by atoms with E-state index in [1.807, 2.05) is 18.7 Å². The first-order chi connectivity index (χ1) is 12.8. The van der Waals surface area contributed by atoms with Gasteiger partial charge in [-0.15, -0.1) is 0 Å². The Kier molecular flexibility index (Phi) is 8.67. The van der Waals surface area contributed by atoms with Crippen LogP contribution in [0.3, 0.4) is 0 Å². The Morgan fingerprint density at radius 2 is 1.89 bits per heavy atom. The molecule has 1 aromatic rings. The number of ether oxygens (including phenoxy) is 1. The fourth-order valence-electron chi connectivity index (χ4n) is 2.88. The van der Waals surface area contributed by atoms with Gasteiger partial charge in [0.1, 0.15) is 5.75 Å². The molecule has 8 heteroatoms. The van der Waals surface area contributed by atoms with Gasteiger partial charge in [-0.3, -0.25) is 14.5 Å². The number of hydrogen-bond donors (Lipinski definition) is 1. The maximum Gasteiger partial charge on any atom is 0.234 e. The predicted molar refractivity (Wildman–Crippen MR) is 107 cm³/mol. The molecule has 0 aliphatic carbocycles. The van der Waals surface area contributed by atoms with Gasteiger partial charge >= 0.3 is 0 Å². The molecule has 2 rings (SSSR count). The van der Waals surface area contributed by atoms with E-state index in [4.69, 9.17) is 27.9 Å². The molecule has 0 spiro atoms. The van der Waals surface area contributed by atoms with E-state index in [-0.39, 0.29) is 17.9 Å². The van der Waals surface area contributed by atoms with Gasteiger partial charge in [0.15, 0.2) is 0 Å². The molecule has 0 saturated carbocycles. The highest BCUT2D eigenvalue weighted by Crippen LogP contribution is 2.27. The second-order valence-electron chi connectivity index (χ2n) is 6.91. The average Bonchev–Trinajstić information content (AvgIpc) is 2.60. The first-order valence-electron chi connectivity index (χ1n) is 9.22. The fraction of sp³-hybridized carbons (Fsp3) is 0.579. The zero-order valence-corrected chi connectivity index (χ0v) is 17.4. The van der Waals surface area contributed by atoms with E-state index >= 15 is 0 Å². The largest absolute Gasteiger partial charge is 0.492 e. The quantitative estimate of drug-likeness (QED) is 0.663. The molecule has 1 aliphatic heterocycles. The molecule has 0 radical (unpaired) electrons. The molecule has 1 fully saturated rings. The molecule has 27 heavy (non-hydrogen) atoms. The number of carbonyl (C=O) groups excluding carboxylic acids is 2. The summed E-state index contributed by atoms with van der Waals surface area (Å²) in [6.07, 6.45) is 1.05. The number of carbonyl (C=O) groups is 2. The Bertz CT molecular complexity index is 647. The summed E-state index contributed by atoms with van der Waals surface area (Å²) < 4.78 is 5.61. The summed E-state index contributed by atoms with van der Waals surface area (Å²) in [4.78, 5) is 28.1. The van der Waals surface area contributed by atoms with Crippen molar-refractivity contribution in [1.29, 1.82) is 0 Å². The van der Waals surface area contributed by atoms with Crippen molar-refractivity contribution >= 4 is 35.0 Å². The van der Waals surface area contributed by atoms with Gasteiger partial charge in [-0.05, 0) is 38.5 Å². The molecular weight excluding hydrogens is 389 g/mol. The summed E-state index contributed by atoms with van der Waals surface area (Å²) in [6, 6.07) is 5.21. The number of nitrogens with zero attached hydrogens (tertiary/aromatic N) is 2. The van der Waals surface area contributed by atoms with Crippen LogP contribution in [0, 0.1) is 0 Å². The van der Waals surface area contributed by atoms with E-state index in [0.29, 0.717) is 68.0 Å². The molecule has 1 aliphatic rings. The summed E-state index contributed by atoms with van der Waals surface area (Å²) in [6.45, 7) is 7.42. The molecule has 2 amide bonds. The lowest BCUT2D eigenvalue weighted by molar-refractivity contribution is -0.133. The van der Waals surface area contributed by atoms with Crippen LogP contribution in [0.25, 0.3) is 0 Å². The van der Waals surface area contributed by atoms with Gasteiger partial charge in [0.2, 0.25) is 11.8 Å². The third-order valence-corrected chi connectivity index (χ3v) is 4.76. The fourth-order valence-corrected chi connectivity index (χ4v) is 3.35. The second-order valence-corrected chi connectivity index (χ2v) is 7.75. The van der Waals surface area contributed by atoms with Gasteiger partial charge in [-0.1, -0.05) is 23.2 Å². The molecule has 0 aromatic heterocycles. The number of nitrogens with one attached hydrogen (secondary N) is 1. The lowest BCUT2D eigenvalue weighted by Crippen LogP contribution is -2.51. The van der Waals surface area contributed by atoms with E-state index in [0.717, 1.165) is 0 Å². The summed E-state index contributed by atoms with van der Waals surface area (Å²) in [5.74, 6) is 0.719. The number of halogens is 2. The summed E-state index contributed by atoms with van der Waals surface area (Å²) >= 11 is 11.9. The lowest BCUT2D eigenvalue weighted by atomic mass is 10.2. The lowest BCUT2D eigenvalue weighted by Gasteiger charge is -2.34. The predicted octanol–water partition coefficient (Wildman–Crippen LogP) is 2.82. The van der Waals surface area contributed by atoms with Gasteiger partial charge in [-0.25, -0.2) is 0 Å². The van der Waals surface area contributed by atoms with E-state index in [1.54, 1.807) is 18.2 Å². The third-order valence-electron chi connectivity index (χ3n) is 4.23. The van der Waals surface area contributed by atoms with Crippen molar-refractivity contribution in [3.8, 4) is 5.75 Å². The number of amides is 2. The monoisotopic (exact) mass is 415 g/mol. The molecule has 6 nitrogen and oxygen atoms in total. The van der Waals surface area contributed by atoms with Crippen molar-refractivity contribution in [3.63, 3.8) is 0 Å². The minimum Gasteiger partial charge on any atom is -0.492 e. The summed E-state index contributed by atoms with van der Waals surface area (Å²) in [5, 5.41) is 3.91. The normalized spacial score (nSPS) is 15.1. The van der Waals surface area contributed by atoms with Gasteiger partial charge < -0.3 is 15.0 Å². The minimum absolute atomic E-state index is 0.0304. The van der Waals surface area contributed by atoms with Crippen LogP contribution in [-0.4, -0.2) is 67.0 Å². The van der Waals surface area contributed by atoms with Gasteiger partial charge in [0.05, 0.1) is 18.2 Å². The molecular formula is C19H27Cl2N3O3. The average molecular weight is 416 g/mol. The maximum atomic E-state index is 12.3. The third kappa shape index (κ3) is 7.56. The van der Waals surface area contributed by atoms with Crippen LogP contribution in [0.2, 0.25) is 10.0 Å².